The fourth-order valence-corrected chi connectivity index (χ4v) is 5.82. The Bertz CT molecular complexity index is 1170. The van der Waals surface area contributed by atoms with Crippen molar-refractivity contribution in [3.05, 3.63) is 65.7 Å². The van der Waals surface area contributed by atoms with Crippen LogP contribution in [0.25, 0.3) is 27.3 Å². The highest BCUT2D eigenvalue weighted by atomic mass is 16.5. The Labute approximate surface area is 224 Å². The highest BCUT2D eigenvalue weighted by Crippen LogP contribution is 2.36. The second-order valence-electron chi connectivity index (χ2n) is 10.9. The first-order chi connectivity index (χ1) is 18.3. The molecule has 3 aromatic carbocycles. The summed E-state index contributed by atoms with van der Waals surface area (Å²) in [7, 11) is 0. The Hall–Kier alpha value is -2.61. The summed E-state index contributed by atoms with van der Waals surface area (Å²) in [5.41, 5.74) is 2.35. The highest BCUT2D eigenvalue weighted by molar-refractivity contribution is 6.09. The highest BCUT2D eigenvalue weighted by Gasteiger charge is 2.20. The van der Waals surface area contributed by atoms with Crippen molar-refractivity contribution in [2.24, 2.45) is 0 Å². The molecule has 2 heteroatoms. The Balaban J connectivity index is 1.08. The van der Waals surface area contributed by atoms with Crippen LogP contribution in [0.1, 0.15) is 121 Å². The van der Waals surface area contributed by atoms with Gasteiger partial charge in [-0.05, 0) is 46.0 Å². The quantitative estimate of drug-likeness (QED) is 0.105. The molecule has 4 rings (SSSR count). The molecule has 1 aliphatic carbocycles. The van der Waals surface area contributed by atoms with Crippen molar-refractivity contribution in [3.63, 3.8) is 0 Å². The predicted octanol–water partition coefficient (Wildman–Crippen LogP) is 10.7. The van der Waals surface area contributed by atoms with Crippen molar-refractivity contribution in [3.8, 4) is 0 Å². The normalized spacial score (nSPS) is 12.7. The molecular formula is C35H46O2. The molecule has 0 saturated heterocycles. The largest absolute Gasteiger partial charge is 0.426 e. The zero-order valence-electron chi connectivity index (χ0n) is 23.0. The van der Waals surface area contributed by atoms with Crippen LogP contribution in [0, 0.1) is 0 Å². The molecule has 37 heavy (non-hydrogen) atoms. The second-order valence-corrected chi connectivity index (χ2v) is 10.9. The van der Waals surface area contributed by atoms with E-state index in [2.05, 4.69) is 61.5 Å². The Kier molecular flexibility index (Phi) is 11.1. The molecule has 0 aliphatic heterocycles. The summed E-state index contributed by atoms with van der Waals surface area (Å²) in [5.74, 6) is 0.656. The summed E-state index contributed by atoms with van der Waals surface area (Å²) in [6.07, 6.45) is 23.4. The van der Waals surface area contributed by atoms with Gasteiger partial charge in [-0.2, -0.15) is 0 Å². The average Bonchev–Trinajstić information content (AvgIpc) is 3.33. The summed E-state index contributed by atoms with van der Waals surface area (Å²) in [6.45, 7) is 2.28. The molecule has 0 heterocycles. The molecule has 1 aliphatic rings. The van der Waals surface area contributed by atoms with E-state index >= 15 is 0 Å². The molecule has 3 aromatic rings. The molecule has 0 atom stereocenters. The summed E-state index contributed by atoms with van der Waals surface area (Å²) in [6, 6.07) is 17.2. The molecule has 0 amide bonds. The summed E-state index contributed by atoms with van der Waals surface area (Å²) < 4.78 is 5.82. The van der Waals surface area contributed by atoms with E-state index in [1.165, 1.54) is 111 Å². The minimum Gasteiger partial charge on any atom is -0.426 e. The van der Waals surface area contributed by atoms with Crippen LogP contribution in [0.5, 0.6) is 0 Å². The van der Waals surface area contributed by atoms with Gasteiger partial charge in [-0.3, -0.25) is 4.79 Å². The fraction of sp³-hybridized carbons (Fsp3) is 0.514. The predicted molar refractivity (Wildman–Crippen MR) is 159 cm³/mol. The third-order valence-corrected chi connectivity index (χ3v) is 8.00. The summed E-state index contributed by atoms with van der Waals surface area (Å²) in [5, 5.41) is 5.08. The van der Waals surface area contributed by atoms with E-state index in [1.807, 2.05) is 0 Å². The van der Waals surface area contributed by atoms with Gasteiger partial charge in [-0.1, -0.05) is 145 Å². The van der Waals surface area contributed by atoms with Gasteiger partial charge in [0.2, 0.25) is 0 Å². The van der Waals surface area contributed by atoms with Gasteiger partial charge in [0.1, 0.15) is 5.76 Å². The lowest BCUT2D eigenvalue weighted by molar-refractivity contribution is -0.136. The third-order valence-electron chi connectivity index (χ3n) is 8.00. The van der Waals surface area contributed by atoms with E-state index in [4.69, 9.17) is 4.74 Å². The lowest BCUT2D eigenvalue weighted by Gasteiger charge is -2.11. The van der Waals surface area contributed by atoms with E-state index in [9.17, 15) is 4.79 Å². The molecule has 2 nitrogen and oxygen atoms in total. The van der Waals surface area contributed by atoms with E-state index < -0.39 is 0 Å². The average molecular weight is 499 g/mol. The monoisotopic (exact) mass is 498 g/mol. The van der Waals surface area contributed by atoms with Crippen LogP contribution in [0.4, 0.5) is 0 Å². The van der Waals surface area contributed by atoms with E-state index in [0.29, 0.717) is 6.42 Å². The minimum atomic E-state index is -0.0904. The zero-order valence-corrected chi connectivity index (χ0v) is 23.0. The van der Waals surface area contributed by atoms with Gasteiger partial charge in [0.25, 0.3) is 0 Å². The molecule has 0 unspecified atom stereocenters. The first-order valence-corrected chi connectivity index (χ1v) is 15.1. The van der Waals surface area contributed by atoms with Crippen LogP contribution in [-0.4, -0.2) is 5.97 Å². The second kappa shape index (κ2) is 15.0. The number of rotatable bonds is 17. The molecule has 0 saturated carbocycles. The van der Waals surface area contributed by atoms with Crippen LogP contribution < -0.4 is 0 Å². The minimum absolute atomic E-state index is 0.0904. The first-order valence-electron chi connectivity index (χ1n) is 15.1. The smallest absolute Gasteiger partial charge is 0.311 e. The van der Waals surface area contributed by atoms with Gasteiger partial charge >= 0.3 is 5.97 Å². The maximum Gasteiger partial charge on any atom is 0.311 e. The first kappa shape index (κ1) is 27.4. The van der Waals surface area contributed by atoms with Gasteiger partial charge in [-0.15, -0.1) is 0 Å². The van der Waals surface area contributed by atoms with Crippen LogP contribution in [0.3, 0.4) is 0 Å². The molecule has 198 valence electrons. The van der Waals surface area contributed by atoms with E-state index in [1.54, 1.807) is 0 Å². The third kappa shape index (κ3) is 7.94. The number of allylic oxidation sites excluding steroid dienone is 1. The number of fused-ring (bicyclic) bond motifs is 5. The maximum atomic E-state index is 12.5. The van der Waals surface area contributed by atoms with Crippen LogP contribution >= 0.6 is 0 Å². The van der Waals surface area contributed by atoms with Crippen molar-refractivity contribution in [1.29, 1.82) is 0 Å². The number of benzene rings is 3. The standard InChI is InChI=1S/C35H46O2/c1-2-3-4-5-6-7-8-9-10-11-12-13-14-15-16-21-35(36)37-34-27-26-32-31-23-22-28-19-17-18-20-29(28)30(31)24-25-33(32)34/h17-20,22-25,27H,2-16,21,26H2,1H3. The van der Waals surface area contributed by atoms with Gasteiger partial charge < -0.3 is 4.74 Å². The number of hydrogen-bond donors (Lipinski definition) is 0. The molecule has 0 aromatic heterocycles. The van der Waals surface area contributed by atoms with Crippen molar-refractivity contribution in [2.75, 3.05) is 0 Å². The zero-order chi connectivity index (χ0) is 25.7. The van der Waals surface area contributed by atoms with Gasteiger partial charge in [-0.25, -0.2) is 0 Å². The van der Waals surface area contributed by atoms with E-state index in [0.717, 1.165) is 30.6 Å². The van der Waals surface area contributed by atoms with Crippen LogP contribution in [-0.2, 0) is 16.0 Å². The van der Waals surface area contributed by atoms with E-state index in [-0.39, 0.29) is 5.97 Å². The molecule has 0 spiro atoms. The molecule has 0 bridgehead atoms. The molecular weight excluding hydrogens is 452 g/mol. The number of esters is 1. The fourth-order valence-electron chi connectivity index (χ4n) is 5.82. The number of ether oxygens (including phenoxy) is 1. The summed E-state index contributed by atoms with van der Waals surface area (Å²) in [4.78, 5) is 12.5. The maximum absolute atomic E-state index is 12.5. The molecule has 0 N–H and O–H groups in total. The van der Waals surface area contributed by atoms with Crippen molar-refractivity contribution >= 4 is 33.3 Å². The number of carbonyl (C=O) groups excluding carboxylic acids is 1. The number of hydrogen-bond acceptors (Lipinski definition) is 2. The Morgan fingerprint density at radius 1 is 0.649 bits per heavy atom. The molecule has 0 radical (unpaired) electrons. The van der Waals surface area contributed by atoms with Crippen molar-refractivity contribution in [1.82, 2.24) is 0 Å². The van der Waals surface area contributed by atoms with Gasteiger partial charge in [0, 0.05) is 12.0 Å². The lowest BCUT2D eigenvalue weighted by atomic mass is 9.96. The SMILES string of the molecule is CCCCCCCCCCCCCCCCCC(=O)OC1=CCc2c1ccc1c2ccc2ccccc21. The van der Waals surface area contributed by atoms with Gasteiger partial charge in [0.15, 0.2) is 0 Å². The topological polar surface area (TPSA) is 26.3 Å². The molecule has 0 fully saturated rings. The van der Waals surface area contributed by atoms with Crippen LogP contribution in [0.15, 0.2) is 54.6 Å². The number of carbonyl (C=O) groups is 1. The Morgan fingerprint density at radius 2 is 1.24 bits per heavy atom. The van der Waals surface area contributed by atoms with Gasteiger partial charge in [0.05, 0.1) is 0 Å². The van der Waals surface area contributed by atoms with Crippen molar-refractivity contribution < 1.29 is 9.53 Å². The van der Waals surface area contributed by atoms with Crippen molar-refractivity contribution in [2.45, 2.75) is 116 Å². The number of unbranched alkanes of at least 4 members (excludes halogenated alkanes) is 14. The summed E-state index contributed by atoms with van der Waals surface area (Å²) >= 11 is 0. The van der Waals surface area contributed by atoms with Crippen LogP contribution in [0.2, 0.25) is 0 Å². The lowest BCUT2D eigenvalue weighted by Crippen LogP contribution is -2.03. The Morgan fingerprint density at radius 3 is 1.92 bits per heavy atom.